The van der Waals surface area contributed by atoms with Crippen molar-refractivity contribution in [1.29, 1.82) is 0 Å². The van der Waals surface area contributed by atoms with Crippen molar-refractivity contribution in [2.75, 3.05) is 13.6 Å². The summed E-state index contributed by atoms with van der Waals surface area (Å²) in [4.78, 5) is 0. The molecule has 3 heteroatoms. The Balaban J connectivity index is 2.11. The monoisotopic (exact) mass is 305 g/mol. The van der Waals surface area contributed by atoms with E-state index in [0.29, 0.717) is 10.9 Å². The molecule has 0 aliphatic rings. The highest BCUT2D eigenvalue weighted by atomic mass is 35.5. The first-order chi connectivity index (χ1) is 10.1. The molecule has 0 aliphatic carbocycles. The Morgan fingerprint density at radius 3 is 2.48 bits per heavy atom. The third kappa shape index (κ3) is 4.83. The molecule has 1 nitrogen and oxygen atoms in total. The van der Waals surface area contributed by atoms with E-state index in [1.165, 1.54) is 17.2 Å². The molecule has 0 aromatic heterocycles. The van der Waals surface area contributed by atoms with Gasteiger partial charge in [0.25, 0.3) is 0 Å². The first-order valence-electron chi connectivity index (χ1n) is 7.22. The highest BCUT2D eigenvalue weighted by Crippen LogP contribution is 2.22. The van der Waals surface area contributed by atoms with Crippen molar-refractivity contribution in [3.05, 3.63) is 70.0 Å². The van der Waals surface area contributed by atoms with Crippen LogP contribution in [0.4, 0.5) is 4.39 Å². The Morgan fingerprint density at radius 1 is 1.10 bits per heavy atom. The highest BCUT2D eigenvalue weighted by molar-refractivity contribution is 6.31. The quantitative estimate of drug-likeness (QED) is 0.833. The molecule has 112 valence electrons. The van der Waals surface area contributed by atoms with Crippen LogP contribution in [0.2, 0.25) is 5.02 Å². The molecular weight excluding hydrogens is 285 g/mol. The lowest BCUT2D eigenvalue weighted by atomic mass is 9.92. The molecule has 2 aromatic carbocycles. The van der Waals surface area contributed by atoms with E-state index < -0.39 is 0 Å². The van der Waals surface area contributed by atoms with Crippen LogP contribution in [0, 0.1) is 18.7 Å². The van der Waals surface area contributed by atoms with Crippen molar-refractivity contribution in [2.45, 2.75) is 19.8 Å². The normalized spacial score (nSPS) is 12.4. The van der Waals surface area contributed by atoms with Crippen LogP contribution < -0.4 is 5.32 Å². The third-order valence-corrected chi connectivity index (χ3v) is 4.02. The van der Waals surface area contributed by atoms with E-state index >= 15 is 0 Å². The van der Waals surface area contributed by atoms with E-state index in [4.69, 9.17) is 11.6 Å². The summed E-state index contributed by atoms with van der Waals surface area (Å²) >= 11 is 6.18. The van der Waals surface area contributed by atoms with Gasteiger partial charge in [-0.3, -0.25) is 0 Å². The molecule has 0 bridgehead atoms. The topological polar surface area (TPSA) is 12.0 Å². The SMILES string of the molecule is CNCC(Cc1ccc(C)cc1)Cc1cc(F)ccc1Cl. The first kappa shape index (κ1) is 16.0. The van der Waals surface area contributed by atoms with Crippen LogP contribution in [0.1, 0.15) is 16.7 Å². The number of hydrogen-bond acceptors (Lipinski definition) is 1. The standard InChI is InChI=1S/C18H21ClFN/c1-13-3-5-14(6-4-13)9-15(12-21-2)10-16-11-17(20)7-8-18(16)19/h3-8,11,15,21H,9-10,12H2,1-2H3. The van der Waals surface area contributed by atoms with E-state index in [2.05, 4.69) is 36.5 Å². The molecule has 21 heavy (non-hydrogen) atoms. The predicted molar refractivity (Wildman–Crippen MR) is 87.4 cm³/mol. The van der Waals surface area contributed by atoms with E-state index in [1.54, 1.807) is 12.1 Å². The van der Waals surface area contributed by atoms with Gasteiger partial charge in [-0.1, -0.05) is 41.4 Å². The molecule has 0 amide bonds. The molecule has 0 saturated carbocycles. The lowest BCUT2D eigenvalue weighted by molar-refractivity contribution is 0.491. The molecule has 0 fully saturated rings. The maximum Gasteiger partial charge on any atom is 0.123 e. The molecule has 2 aromatic rings. The summed E-state index contributed by atoms with van der Waals surface area (Å²) in [5, 5.41) is 3.86. The van der Waals surface area contributed by atoms with E-state index in [9.17, 15) is 4.39 Å². The van der Waals surface area contributed by atoms with Gasteiger partial charge in [0.15, 0.2) is 0 Å². The van der Waals surface area contributed by atoms with Crippen LogP contribution in [-0.2, 0) is 12.8 Å². The van der Waals surface area contributed by atoms with Gasteiger partial charge in [0.2, 0.25) is 0 Å². The van der Waals surface area contributed by atoms with E-state index in [0.717, 1.165) is 24.9 Å². The van der Waals surface area contributed by atoms with Gasteiger partial charge < -0.3 is 5.32 Å². The van der Waals surface area contributed by atoms with Gasteiger partial charge in [-0.05, 0) is 68.6 Å². The Bertz CT molecular complexity index is 580. The minimum Gasteiger partial charge on any atom is -0.319 e. The number of rotatable bonds is 6. The number of halogens is 2. The second-order valence-corrected chi connectivity index (χ2v) is 5.96. The summed E-state index contributed by atoms with van der Waals surface area (Å²) in [7, 11) is 1.94. The van der Waals surface area contributed by atoms with Crippen LogP contribution in [0.5, 0.6) is 0 Å². The fourth-order valence-corrected chi connectivity index (χ4v) is 2.77. The van der Waals surface area contributed by atoms with Crippen molar-refractivity contribution >= 4 is 11.6 Å². The largest absolute Gasteiger partial charge is 0.319 e. The molecule has 0 aliphatic heterocycles. The van der Waals surface area contributed by atoms with Crippen LogP contribution in [-0.4, -0.2) is 13.6 Å². The maximum absolute atomic E-state index is 13.4. The van der Waals surface area contributed by atoms with Crippen LogP contribution in [0.3, 0.4) is 0 Å². The number of aryl methyl sites for hydroxylation is 1. The zero-order valence-electron chi connectivity index (χ0n) is 12.5. The molecule has 0 spiro atoms. The smallest absolute Gasteiger partial charge is 0.123 e. The van der Waals surface area contributed by atoms with Crippen LogP contribution in [0.25, 0.3) is 0 Å². The summed E-state index contributed by atoms with van der Waals surface area (Å²) in [5.74, 6) is 0.157. The fraction of sp³-hybridized carbons (Fsp3) is 0.333. The van der Waals surface area contributed by atoms with Crippen molar-refractivity contribution in [2.24, 2.45) is 5.92 Å². The van der Waals surface area contributed by atoms with Gasteiger partial charge in [0.1, 0.15) is 5.82 Å². The molecule has 1 N–H and O–H groups in total. The van der Waals surface area contributed by atoms with Gasteiger partial charge in [-0.2, -0.15) is 0 Å². The summed E-state index contributed by atoms with van der Waals surface area (Å²) in [6.45, 7) is 2.96. The zero-order chi connectivity index (χ0) is 15.2. The second kappa shape index (κ2) is 7.58. The summed E-state index contributed by atoms with van der Waals surface area (Å²) in [6, 6.07) is 13.1. The average Bonchev–Trinajstić information content (AvgIpc) is 2.45. The Hall–Kier alpha value is -1.38. The van der Waals surface area contributed by atoms with Crippen LogP contribution >= 0.6 is 11.6 Å². The highest BCUT2D eigenvalue weighted by Gasteiger charge is 2.13. The van der Waals surface area contributed by atoms with E-state index in [1.807, 2.05) is 7.05 Å². The van der Waals surface area contributed by atoms with Crippen molar-refractivity contribution in [3.63, 3.8) is 0 Å². The Labute approximate surface area is 131 Å². The van der Waals surface area contributed by atoms with Crippen molar-refractivity contribution in [3.8, 4) is 0 Å². The van der Waals surface area contributed by atoms with Gasteiger partial charge >= 0.3 is 0 Å². The maximum atomic E-state index is 13.4. The van der Waals surface area contributed by atoms with Gasteiger partial charge in [0, 0.05) is 5.02 Å². The minimum absolute atomic E-state index is 0.229. The van der Waals surface area contributed by atoms with Gasteiger partial charge in [0.05, 0.1) is 0 Å². The number of hydrogen-bond donors (Lipinski definition) is 1. The average molecular weight is 306 g/mol. The lowest BCUT2D eigenvalue weighted by Crippen LogP contribution is -2.23. The Kier molecular flexibility index (Phi) is 5.77. The van der Waals surface area contributed by atoms with Crippen LogP contribution in [0.15, 0.2) is 42.5 Å². The van der Waals surface area contributed by atoms with Gasteiger partial charge in [-0.15, -0.1) is 0 Å². The molecule has 2 rings (SSSR count). The lowest BCUT2D eigenvalue weighted by Gasteiger charge is -2.18. The molecule has 1 unspecified atom stereocenters. The van der Waals surface area contributed by atoms with Crippen molar-refractivity contribution < 1.29 is 4.39 Å². The molecule has 0 radical (unpaired) electrons. The summed E-state index contributed by atoms with van der Waals surface area (Å²) in [6.07, 6.45) is 1.72. The molecule has 0 saturated heterocycles. The van der Waals surface area contributed by atoms with Crippen molar-refractivity contribution in [1.82, 2.24) is 5.32 Å². The minimum atomic E-state index is -0.229. The molecular formula is C18H21ClFN. The summed E-state index contributed by atoms with van der Waals surface area (Å²) in [5.41, 5.74) is 3.44. The fourth-order valence-electron chi connectivity index (χ4n) is 2.57. The molecule has 0 heterocycles. The summed E-state index contributed by atoms with van der Waals surface area (Å²) < 4.78 is 13.4. The molecule has 1 atom stereocenters. The number of benzene rings is 2. The number of nitrogens with one attached hydrogen (secondary N) is 1. The van der Waals surface area contributed by atoms with E-state index in [-0.39, 0.29) is 5.82 Å². The second-order valence-electron chi connectivity index (χ2n) is 5.55. The third-order valence-electron chi connectivity index (χ3n) is 3.65. The predicted octanol–water partition coefficient (Wildman–Crippen LogP) is 4.41. The van der Waals surface area contributed by atoms with Gasteiger partial charge in [-0.25, -0.2) is 4.39 Å². The Morgan fingerprint density at radius 2 is 1.81 bits per heavy atom. The zero-order valence-corrected chi connectivity index (χ0v) is 13.3. The first-order valence-corrected chi connectivity index (χ1v) is 7.60.